The largest absolute Gasteiger partial charge is 0.324 e. The number of anilines is 2. The fourth-order valence-corrected chi connectivity index (χ4v) is 6.42. The first-order valence-electron chi connectivity index (χ1n) is 12.9. The van der Waals surface area contributed by atoms with Crippen molar-refractivity contribution in [3.8, 4) is 0 Å². The van der Waals surface area contributed by atoms with Crippen molar-refractivity contribution in [3.05, 3.63) is 119 Å². The van der Waals surface area contributed by atoms with Gasteiger partial charge in [0.15, 0.2) is 0 Å². The molecule has 0 aliphatic heterocycles. The Kier molecular flexibility index (Phi) is 9.15. The Morgan fingerprint density at radius 3 is 2.15 bits per heavy atom. The number of amides is 1. The second-order valence-electron chi connectivity index (χ2n) is 9.87. The first kappa shape index (κ1) is 28.5. The molecule has 0 aliphatic rings. The highest BCUT2D eigenvalue weighted by Gasteiger charge is 2.27. The smallest absolute Gasteiger partial charge is 0.264 e. The summed E-state index contributed by atoms with van der Waals surface area (Å²) in [5, 5.41) is 2.92. The lowest BCUT2D eigenvalue weighted by atomic mass is 10.0. The molecule has 1 amide bonds. The summed E-state index contributed by atoms with van der Waals surface area (Å²) in [6.07, 6.45) is 0. The number of nitrogens with one attached hydrogen (secondary N) is 1. The van der Waals surface area contributed by atoms with Gasteiger partial charge in [0.25, 0.3) is 10.0 Å². The van der Waals surface area contributed by atoms with Gasteiger partial charge in [-0.2, -0.15) is 0 Å². The van der Waals surface area contributed by atoms with Crippen molar-refractivity contribution in [3.63, 3.8) is 0 Å². The van der Waals surface area contributed by atoms with Crippen LogP contribution in [0.2, 0.25) is 0 Å². The SMILES string of the molecule is Cc1ccc(S(=O)(=O)N(CC(=O)Nc2ccc(CSc3ccccc3)cc2C)c2ccc(C(C)C)cc2)cc1. The molecule has 0 radical (unpaired) electrons. The summed E-state index contributed by atoms with van der Waals surface area (Å²) < 4.78 is 28.6. The van der Waals surface area contributed by atoms with E-state index in [1.165, 1.54) is 9.20 Å². The zero-order valence-electron chi connectivity index (χ0n) is 22.7. The average molecular weight is 559 g/mol. The number of carbonyl (C=O) groups is 1. The first-order valence-corrected chi connectivity index (χ1v) is 15.3. The highest BCUT2D eigenvalue weighted by molar-refractivity contribution is 7.98. The van der Waals surface area contributed by atoms with Gasteiger partial charge < -0.3 is 5.32 Å². The average Bonchev–Trinajstić information content (AvgIpc) is 2.93. The predicted octanol–water partition coefficient (Wildman–Crippen LogP) is 7.55. The van der Waals surface area contributed by atoms with E-state index in [-0.39, 0.29) is 11.4 Å². The van der Waals surface area contributed by atoms with Gasteiger partial charge in [0.05, 0.1) is 10.6 Å². The monoisotopic (exact) mass is 558 g/mol. The molecule has 202 valence electrons. The first-order chi connectivity index (χ1) is 18.6. The van der Waals surface area contributed by atoms with Crippen LogP contribution in [0.3, 0.4) is 0 Å². The fourth-order valence-electron chi connectivity index (χ4n) is 4.14. The van der Waals surface area contributed by atoms with Gasteiger partial charge in [-0.3, -0.25) is 9.10 Å². The van der Waals surface area contributed by atoms with Crippen LogP contribution in [0.4, 0.5) is 11.4 Å². The minimum absolute atomic E-state index is 0.144. The van der Waals surface area contributed by atoms with E-state index in [1.54, 1.807) is 48.2 Å². The maximum Gasteiger partial charge on any atom is 0.264 e. The lowest BCUT2D eigenvalue weighted by Crippen LogP contribution is -2.38. The van der Waals surface area contributed by atoms with Crippen LogP contribution in [-0.4, -0.2) is 20.9 Å². The number of aryl methyl sites for hydroxylation is 2. The Bertz CT molecular complexity index is 1520. The topological polar surface area (TPSA) is 66.5 Å². The molecular weight excluding hydrogens is 524 g/mol. The zero-order chi connectivity index (χ0) is 28.0. The molecule has 1 N–H and O–H groups in total. The Hall–Kier alpha value is -3.55. The number of sulfonamides is 1. The maximum atomic E-state index is 13.7. The Balaban J connectivity index is 1.53. The van der Waals surface area contributed by atoms with Gasteiger partial charge in [-0.1, -0.05) is 74.0 Å². The van der Waals surface area contributed by atoms with Gasteiger partial charge >= 0.3 is 0 Å². The summed E-state index contributed by atoms with van der Waals surface area (Å²) in [6.45, 7) is 7.66. The van der Waals surface area contributed by atoms with Crippen LogP contribution >= 0.6 is 11.8 Å². The molecule has 4 rings (SSSR count). The number of carbonyl (C=O) groups excluding carboxylic acids is 1. The lowest BCUT2D eigenvalue weighted by Gasteiger charge is -2.25. The maximum absolute atomic E-state index is 13.7. The third kappa shape index (κ3) is 7.31. The number of hydrogen-bond donors (Lipinski definition) is 1. The normalized spacial score (nSPS) is 11.4. The minimum atomic E-state index is -3.97. The van der Waals surface area contributed by atoms with Crippen molar-refractivity contribution in [2.24, 2.45) is 0 Å². The molecular formula is C32H34N2O3S2. The molecule has 0 saturated heterocycles. The third-order valence-electron chi connectivity index (χ3n) is 6.46. The highest BCUT2D eigenvalue weighted by atomic mass is 32.2. The molecule has 0 atom stereocenters. The Morgan fingerprint density at radius 2 is 1.54 bits per heavy atom. The van der Waals surface area contributed by atoms with Crippen LogP contribution in [0, 0.1) is 13.8 Å². The van der Waals surface area contributed by atoms with Gasteiger partial charge in [-0.25, -0.2) is 8.42 Å². The third-order valence-corrected chi connectivity index (χ3v) is 9.33. The van der Waals surface area contributed by atoms with Crippen molar-refractivity contribution in [1.29, 1.82) is 0 Å². The van der Waals surface area contributed by atoms with Crippen LogP contribution in [-0.2, 0) is 20.6 Å². The van der Waals surface area contributed by atoms with E-state index in [0.717, 1.165) is 28.0 Å². The Morgan fingerprint density at radius 1 is 0.872 bits per heavy atom. The van der Waals surface area contributed by atoms with Crippen molar-refractivity contribution in [2.45, 2.75) is 49.2 Å². The second-order valence-corrected chi connectivity index (χ2v) is 12.8. The van der Waals surface area contributed by atoms with E-state index in [4.69, 9.17) is 0 Å². The molecule has 0 bridgehead atoms. The number of hydrogen-bond acceptors (Lipinski definition) is 4. The minimum Gasteiger partial charge on any atom is -0.324 e. The van der Waals surface area contributed by atoms with Crippen molar-refractivity contribution >= 4 is 39.1 Å². The van der Waals surface area contributed by atoms with Gasteiger partial charge in [-0.05, 0) is 78.9 Å². The van der Waals surface area contributed by atoms with Crippen molar-refractivity contribution in [2.75, 3.05) is 16.2 Å². The van der Waals surface area contributed by atoms with Gasteiger partial charge in [0, 0.05) is 16.3 Å². The summed E-state index contributed by atoms with van der Waals surface area (Å²) in [5.41, 5.74) is 5.23. The van der Waals surface area contributed by atoms with E-state index in [0.29, 0.717) is 17.3 Å². The molecule has 7 heteroatoms. The molecule has 0 aromatic heterocycles. The van der Waals surface area contributed by atoms with E-state index in [2.05, 4.69) is 37.4 Å². The van der Waals surface area contributed by atoms with E-state index < -0.39 is 15.9 Å². The molecule has 0 aliphatic carbocycles. The van der Waals surface area contributed by atoms with E-state index >= 15 is 0 Å². The van der Waals surface area contributed by atoms with E-state index in [1.807, 2.05) is 56.3 Å². The Labute approximate surface area is 236 Å². The molecule has 4 aromatic carbocycles. The van der Waals surface area contributed by atoms with Crippen LogP contribution in [0.1, 0.15) is 42.0 Å². The summed E-state index contributed by atoms with van der Waals surface area (Å²) in [4.78, 5) is 14.6. The second kappa shape index (κ2) is 12.5. The van der Waals surface area contributed by atoms with Crippen LogP contribution in [0.5, 0.6) is 0 Å². The number of benzene rings is 4. The highest BCUT2D eigenvalue weighted by Crippen LogP contribution is 2.28. The summed E-state index contributed by atoms with van der Waals surface area (Å²) in [7, 11) is -3.97. The molecule has 0 fully saturated rings. The molecule has 0 spiro atoms. The molecule has 0 unspecified atom stereocenters. The van der Waals surface area contributed by atoms with Crippen molar-refractivity contribution in [1.82, 2.24) is 0 Å². The number of nitrogens with zero attached hydrogens (tertiary/aromatic N) is 1. The van der Waals surface area contributed by atoms with Crippen LogP contribution in [0.15, 0.2) is 107 Å². The number of thioether (sulfide) groups is 1. The lowest BCUT2D eigenvalue weighted by molar-refractivity contribution is -0.114. The molecule has 0 saturated carbocycles. The fraction of sp³-hybridized carbons (Fsp3) is 0.219. The van der Waals surface area contributed by atoms with Crippen molar-refractivity contribution < 1.29 is 13.2 Å². The van der Waals surface area contributed by atoms with E-state index in [9.17, 15) is 13.2 Å². The quantitative estimate of drug-likeness (QED) is 0.204. The molecule has 4 aromatic rings. The van der Waals surface area contributed by atoms with Gasteiger partial charge in [0.1, 0.15) is 6.54 Å². The van der Waals surface area contributed by atoms with Gasteiger partial charge in [-0.15, -0.1) is 11.8 Å². The molecule has 39 heavy (non-hydrogen) atoms. The summed E-state index contributed by atoms with van der Waals surface area (Å²) >= 11 is 1.75. The van der Waals surface area contributed by atoms with Crippen LogP contribution in [0.25, 0.3) is 0 Å². The molecule has 0 heterocycles. The summed E-state index contributed by atoms with van der Waals surface area (Å²) in [6, 6.07) is 30.1. The standard InChI is InChI=1S/C32H34N2O3S2/c1-23(2)27-13-15-28(16-14-27)34(39(36,37)30-17-10-24(3)11-18-30)21-32(35)33-31-19-12-26(20-25(31)4)22-38-29-8-6-5-7-9-29/h5-20,23H,21-22H2,1-4H3,(H,33,35). The summed E-state index contributed by atoms with van der Waals surface area (Å²) in [5.74, 6) is 0.711. The zero-order valence-corrected chi connectivity index (χ0v) is 24.4. The number of rotatable bonds is 10. The molecule has 5 nitrogen and oxygen atoms in total. The predicted molar refractivity (Wildman–Crippen MR) is 162 cm³/mol. The van der Waals surface area contributed by atoms with Gasteiger partial charge in [0.2, 0.25) is 5.91 Å². The van der Waals surface area contributed by atoms with Crippen LogP contribution < -0.4 is 9.62 Å².